The van der Waals surface area contributed by atoms with E-state index in [4.69, 9.17) is 16.3 Å². The average molecular weight is 642 g/mol. The molecule has 3 aromatic heterocycles. The largest absolute Gasteiger partial charge is 0.309 e. The molecule has 3 heterocycles. The van der Waals surface area contributed by atoms with Crippen molar-refractivity contribution in [3.05, 3.63) is 176 Å². The van der Waals surface area contributed by atoms with Gasteiger partial charge in [0.2, 0.25) is 0 Å². The Kier molecular flexibility index (Phi) is 6.18. The van der Waals surface area contributed by atoms with Crippen molar-refractivity contribution >= 4 is 43.6 Å². The van der Waals surface area contributed by atoms with E-state index < -0.39 is 0 Å². The summed E-state index contributed by atoms with van der Waals surface area (Å²) in [5.74, 6) is 1.75. The summed E-state index contributed by atoms with van der Waals surface area (Å²) in [6.45, 7) is 0. The molecule has 0 fully saturated rings. The summed E-state index contributed by atoms with van der Waals surface area (Å²) in [5.41, 5.74) is 9.37. The second kappa shape index (κ2) is 11.4. The Bertz CT molecular complexity index is 2910. The van der Waals surface area contributed by atoms with Crippen molar-refractivity contribution in [2.75, 3.05) is 0 Å². The van der Waals surface area contributed by atoms with E-state index in [-0.39, 0.29) is 0 Å². The molecule has 0 N–H and O–H groups in total. The third-order valence-electron chi connectivity index (χ3n) is 9.49. The highest BCUT2D eigenvalue weighted by Crippen LogP contribution is 2.40. The summed E-state index contributed by atoms with van der Waals surface area (Å²) in [5, 5.41) is 4.85. The van der Waals surface area contributed by atoms with Crippen LogP contribution in [-0.4, -0.2) is 24.1 Å². The lowest BCUT2D eigenvalue weighted by Gasteiger charge is -2.12. The molecule has 0 unspecified atom stereocenters. The Hall–Kier alpha value is -6.85. The summed E-state index contributed by atoms with van der Waals surface area (Å²) in [6.07, 6.45) is 0. The van der Waals surface area contributed by atoms with Crippen LogP contribution >= 0.6 is 0 Å². The van der Waals surface area contributed by atoms with Gasteiger partial charge >= 0.3 is 0 Å². The molecule has 50 heavy (non-hydrogen) atoms. The lowest BCUT2D eigenvalue weighted by Crippen LogP contribution is -2.01. The van der Waals surface area contributed by atoms with Crippen LogP contribution in [0.2, 0.25) is 0 Å². The van der Waals surface area contributed by atoms with Crippen LogP contribution in [-0.2, 0) is 0 Å². The fourth-order valence-corrected chi connectivity index (χ4v) is 7.23. The second-order valence-electron chi connectivity index (χ2n) is 12.4. The molecule has 234 valence electrons. The van der Waals surface area contributed by atoms with Gasteiger partial charge in [-0.05, 0) is 48.5 Å². The van der Waals surface area contributed by atoms with Crippen LogP contribution in [0.1, 0.15) is 1.37 Å². The summed E-state index contributed by atoms with van der Waals surface area (Å²) >= 11 is 0. The Balaban J connectivity index is 1.21. The van der Waals surface area contributed by atoms with Crippen LogP contribution in [0.25, 0.3) is 89.2 Å². The molecule has 0 aliphatic rings. The molecular formula is C45H29N5. The van der Waals surface area contributed by atoms with Gasteiger partial charge in [-0.2, -0.15) is 0 Å². The zero-order chi connectivity index (χ0) is 33.9. The van der Waals surface area contributed by atoms with Gasteiger partial charge in [0.15, 0.2) is 17.5 Å². The van der Waals surface area contributed by atoms with Gasteiger partial charge in [-0.15, -0.1) is 0 Å². The quantitative estimate of drug-likeness (QED) is 0.188. The number of hydrogen-bond acceptors (Lipinski definition) is 3. The molecule has 10 aromatic rings. The minimum Gasteiger partial charge on any atom is -0.309 e. The highest BCUT2D eigenvalue weighted by molar-refractivity contribution is 6.19. The van der Waals surface area contributed by atoms with Gasteiger partial charge in [-0.1, -0.05) is 127 Å². The molecule has 7 aromatic carbocycles. The minimum atomic E-state index is 0.441. The predicted molar refractivity (Wildman–Crippen MR) is 205 cm³/mol. The standard InChI is InChI=1S/C45H29N5/c1-4-15-30(16-5-1)43-46-44(31-17-6-2-7-18-31)48-45(47-43)32-19-14-22-34(27-32)50-40-26-13-11-24-36(40)38-28-37-35-23-10-12-25-39(35)49(41(37)29-42(38)50)33-20-8-3-9-21-33/h1-29H/i1T. The molecule has 5 nitrogen and oxygen atoms in total. The molecule has 0 aliphatic heterocycles. The Morgan fingerprint density at radius 3 is 1.42 bits per heavy atom. The molecule has 0 aliphatic carbocycles. The number of benzene rings is 7. The minimum absolute atomic E-state index is 0.441. The third kappa shape index (κ3) is 4.52. The van der Waals surface area contributed by atoms with Crippen LogP contribution < -0.4 is 0 Å². The van der Waals surface area contributed by atoms with Gasteiger partial charge in [0.1, 0.15) is 0 Å². The van der Waals surface area contributed by atoms with Crippen molar-refractivity contribution in [1.29, 1.82) is 0 Å². The smallest absolute Gasteiger partial charge is 0.164 e. The summed E-state index contributed by atoms with van der Waals surface area (Å²) in [4.78, 5) is 14.9. The second-order valence-corrected chi connectivity index (χ2v) is 12.4. The predicted octanol–water partition coefficient (Wildman–Crippen LogP) is 11.1. The van der Waals surface area contributed by atoms with Crippen molar-refractivity contribution in [1.82, 2.24) is 24.1 Å². The molecule has 0 atom stereocenters. The Morgan fingerprint density at radius 2 is 0.800 bits per heavy atom. The van der Waals surface area contributed by atoms with Gasteiger partial charge in [0.25, 0.3) is 0 Å². The molecule has 0 saturated carbocycles. The molecule has 0 bridgehead atoms. The summed E-state index contributed by atoms with van der Waals surface area (Å²) in [7, 11) is 0. The van der Waals surface area contributed by atoms with Crippen molar-refractivity contribution in [3.8, 4) is 45.5 Å². The first-order valence-corrected chi connectivity index (χ1v) is 16.7. The highest BCUT2D eigenvalue weighted by Gasteiger charge is 2.19. The maximum Gasteiger partial charge on any atom is 0.164 e. The molecule has 0 radical (unpaired) electrons. The monoisotopic (exact) mass is 641 g/mol. The number of para-hydroxylation sites is 3. The summed E-state index contributed by atoms with van der Waals surface area (Å²) in [6, 6.07) is 58.8. The van der Waals surface area contributed by atoms with Gasteiger partial charge in [-0.3, -0.25) is 0 Å². The van der Waals surface area contributed by atoms with Gasteiger partial charge < -0.3 is 9.13 Å². The maximum atomic E-state index is 7.99. The number of aromatic nitrogens is 5. The van der Waals surface area contributed by atoms with Crippen molar-refractivity contribution < 1.29 is 1.37 Å². The first-order chi connectivity index (χ1) is 25.2. The fourth-order valence-electron chi connectivity index (χ4n) is 7.23. The Morgan fingerprint density at radius 1 is 0.340 bits per heavy atom. The third-order valence-corrected chi connectivity index (χ3v) is 9.49. The van der Waals surface area contributed by atoms with E-state index in [9.17, 15) is 0 Å². The van der Waals surface area contributed by atoms with E-state index in [1.165, 1.54) is 27.1 Å². The van der Waals surface area contributed by atoms with Crippen LogP contribution in [0, 0.1) is 0 Å². The Labute approximate surface area is 289 Å². The van der Waals surface area contributed by atoms with E-state index in [0.717, 1.165) is 44.6 Å². The van der Waals surface area contributed by atoms with Crippen molar-refractivity contribution in [3.63, 3.8) is 0 Å². The zero-order valence-electron chi connectivity index (χ0n) is 27.9. The summed E-state index contributed by atoms with van der Waals surface area (Å²) < 4.78 is 12.7. The maximum absolute atomic E-state index is 7.99. The van der Waals surface area contributed by atoms with Crippen molar-refractivity contribution in [2.45, 2.75) is 0 Å². The molecular weight excluding hydrogens is 611 g/mol. The van der Waals surface area contributed by atoms with Crippen LogP contribution in [0.3, 0.4) is 0 Å². The number of hydrogen-bond donors (Lipinski definition) is 0. The first kappa shape index (κ1) is 27.1. The highest BCUT2D eigenvalue weighted by atomic mass is 15.0. The SMILES string of the molecule is [3H]c1ccc(-c2nc(-c3ccccc3)nc(-c3cccc(-n4c5ccccc5c5cc6c7ccccc7n(-c7ccccc7)c6cc54)c3)n2)cc1. The van der Waals surface area contributed by atoms with Crippen LogP contribution in [0.15, 0.2) is 176 Å². The number of rotatable bonds is 5. The van der Waals surface area contributed by atoms with Crippen LogP contribution in [0.5, 0.6) is 0 Å². The van der Waals surface area contributed by atoms with Gasteiger partial charge in [0, 0.05) is 49.6 Å². The molecule has 0 saturated heterocycles. The van der Waals surface area contributed by atoms with E-state index in [2.05, 4.69) is 124 Å². The van der Waals surface area contributed by atoms with Crippen LogP contribution in [0.4, 0.5) is 0 Å². The number of fused-ring (bicyclic) bond motifs is 6. The van der Waals surface area contributed by atoms with Crippen molar-refractivity contribution in [2.24, 2.45) is 0 Å². The normalized spacial score (nSPS) is 11.9. The van der Waals surface area contributed by atoms with E-state index in [0.29, 0.717) is 23.5 Å². The van der Waals surface area contributed by atoms with Gasteiger partial charge in [-0.25, -0.2) is 15.0 Å². The zero-order valence-corrected chi connectivity index (χ0v) is 26.9. The lowest BCUT2D eigenvalue weighted by molar-refractivity contribution is 1.07. The number of nitrogens with zero attached hydrogens (tertiary/aromatic N) is 5. The van der Waals surface area contributed by atoms with Gasteiger partial charge in [0.05, 0.1) is 23.4 Å². The van der Waals surface area contributed by atoms with E-state index in [1.54, 1.807) is 12.1 Å². The molecule has 0 spiro atoms. The average Bonchev–Trinajstić information content (AvgIpc) is 3.70. The van der Waals surface area contributed by atoms with E-state index in [1.807, 2.05) is 42.5 Å². The topological polar surface area (TPSA) is 48.5 Å². The first-order valence-electron chi connectivity index (χ1n) is 17.2. The molecule has 5 heteroatoms. The molecule has 0 amide bonds. The lowest BCUT2D eigenvalue weighted by atomic mass is 10.1. The molecule has 10 rings (SSSR count). The van der Waals surface area contributed by atoms with E-state index >= 15 is 0 Å². The fraction of sp³-hybridized carbons (Fsp3) is 0.